The Hall–Kier alpha value is -1.90. The zero-order valence-electron chi connectivity index (χ0n) is 8.98. The molecule has 0 atom stereocenters. The molecule has 0 aromatic heterocycles. The van der Waals surface area contributed by atoms with Gasteiger partial charge in [-0.1, -0.05) is 24.8 Å². The second-order valence-electron chi connectivity index (χ2n) is 3.48. The Labute approximate surface area is 94.4 Å². The van der Waals surface area contributed by atoms with E-state index in [9.17, 15) is 9.59 Å². The zero-order chi connectivity index (χ0) is 12.0. The standard InChI is InChI=1S/C13H14O3/c1-2-10-6-7-12(13(15)16)11(9-10)5-3-4-8-14/h2,6-9H,1,3-5H2,(H,15,16). The first kappa shape index (κ1) is 12.2. The van der Waals surface area contributed by atoms with Gasteiger partial charge in [-0.2, -0.15) is 0 Å². The number of carboxylic acids is 1. The third-order valence-corrected chi connectivity index (χ3v) is 2.36. The van der Waals surface area contributed by atoms with E-state index in [0.717, 1.165) is 17.4 Å². The van der Waals surface area contributed by atoms with Crippen LogP contribution in [0, 0.1) is 0 Å². The van der Waals surface area contributed by atoms with E-state index >= 15 is 0 Å². The number of benzene rings is 1. The van der Waals surface area contributed by atoms with Crippen molar-refractivity contribution in [2.24, 2.45) is 0 Å². The molecular weight excluding hydrogens is 204 g/mol. The minimum absolute atomic E-state index is 0.302. The Morgan fingerprint density at radius 1 is 1.44 bits per heavy atom. The van der Waals surface area contributed by atoms with Gasteiger partial charge in [-0.25, -0.2) is 4.79 Å². The van der Waals surface area contributed by atoms with E-state index in [1.165, 1.54) is 0 Å². The fourth-order valence-corrected chi connectivity index (χ4v) is 1.53. The van der Waals surface area contributed by atoms with E-state index in [4.69, 9.17) is 5.11 Å². The molecule has 1 aromatic rings. The van der Waals surface area contributed by atoms with Gasteiger partial charge in [-0.05, 0) is 30.0 Å². The third-order valence-electron chi connectivity index (χ3n) is 2.36. The van der Waals surface area contributed by atoms with E-state index in [1.807, 2.05) is 0 Å². The molecule has 1 aromatic carbocycles. The molecule has 0 spiro atoms. The topological polar surface area (TPSA) is 54.4 Å². The summed E-state index contributed by atoms with van der Waals surface area (Å²) in [5.74, 6) is -0.934. The van der Waals surface area contributed by atoms with Crippen LogP contribution >= 0.6 is 0 Å². The number of aldehydes is 1. The van der Waals surface area contributed by atoms with Crippen molar-refractivity contribution in [1.29, 1.82) is 0 Å². The Balaban J connectivity index is 2.95. The quantitative estimate of drug-likeness (QED) is 0.589. The predicted molar refractivity (Wildman–Crippen MR) is 62.5 cm³/mol. The molecule has 0 saturated heterocycles. The van der Waals surface area contributed by atoms with Crippen molar-refractivity contribution < 1.29 is 14.7 Å². The summed E-state index contributed by atoms with van der Waals surface area (Å²) < 4.78 is 0. The molecule has 3 heteroatoms. The van der Waals surface area contributed by atoms with Crippen molar-refractivity contribution in [2.45, 2.75) is 19.3 Å². The zero-order valence-corrected chi connectivity index (χ0v) is 8.98. The molecule has 84 valence electrons. The predicted octanol–water partition coefficient (Wildman–Crippen LogP) is 2.55. The fraction of sp³-hybridized carbons (Fsp3) is 0.231. The Bertz CT molecular complexity index is 408. The van der Waals surface area contributed by atoms with E-state index < -0.39 is 5.97 Å². The molecule has 3 nitrogen and oxygen atoms in total. The molecule has 0 heterocycles. The van der Waals surface area contributed by atoms with Crippen LogP contribution in [-0.4, -0.2) is 17.4 Å². The lowest BCUT2D eigenvalue weighted by Crippen LogP contribution is -2.03. The molecule has 0 radical (unpaired) electrons. The number of aromatic carboxylic acids is 1. The molecule has 0 fully saturated rings. The average Bonchev–Trinajstić information content (AvgIpc) is 2.29. The molecule has 0 bridgehead atoms. The van der Waals surface area contributed by atoms with Crippen LogP contribution in [0.1, 0.15) is 34.3 Å². The van der Waals surface area contributed by atoms with Crippen molar-refractivity contribution in [3.63, 3.8) is 0 Å². The summed E-state index contributed by atoms with van der Waals surface area (Å²) in [5.41, 5.74) is 1.95. The Morgan fingerprint density at radius 2 is 2.19 bits per heavy atom. The summed E-state index contributed by atoms with van der Waals surface area (Å²) in [7, 11) is 0. The van der Waals surface area contributed by atoms with E-state index in [2.05, 4.69) is 6.58 Å². The number of hydrogen-bond acceptors (Lipinski definition) is 2. The maximum Gasteiger partial charge on any atom is 0.335 e. The summed E-state index contributed by atoms with van der Waals surface area (Å²) in [5, 5.41) is 8.99. The number of unbranched alkanes of at least 4 members (excludes halogenated alkanes) is 1. The summed E-state index contributed by atoms with van der Waals surface area (Å²) in [6.07, 6.45) is 4.25. The van der Waals surface area contributed by atoms with Crippen LogP contribution in [0.15, 0.2) is 24.8 Å². The largest absolute Gasteiger partial charge is 0.478 e. The molecule has 1 N–H and O–H groups in total. The van der Waals surface area contributed by atoms with Crippen LogP contribution < -0.4 is 0 Å². The van der Waals surface area contributed by atoms with Crippen molar-refractivity contribution in [2.75, 3.05) is 0 Å². The van der Waals surface area contributed by atoms with Gasteiger partial charge in [-0.3, -0.25) is 0 Å². The SMILES string of the molecule is C=Cc1ccc(C(=O)O)c(CCCC=O)c1. The lowest BCUT2D eigenvalue weighted by molar-refractivity contribution is -0.107. The van der Waals surface area contributed by atoms with Crippen molar-refractivity contribution in [3.8, 4) is 0 Å². The van der Waals surface area contributed by atoms with Crippen molar-refractivity contribution in [1.82, 2.24) is 0 Å². The second kappa shape index (κ2) is 5.85. The molecule has 0 aliphatic carbocycles. The molecule has 0 unspecified atom stereocenters. The highest BCUT2D eigenvalue weighted by atomic mass is 16.4. The van der Waals surface area contributed by atoms with Gasteiger partial charge in [0.05, 0.1) is 5.56 Å². The maximum atomic E-state index is 11.0. The van der Waals surface area contributed by atoms with E-state index in [0.29, 0.717) is 24.8 Å². The van der Waals surface area contributed by atoms with Crippen LogP contribution in [0.25, 0.3) is 6.08 Å². The normalized spacial score (nSPS) is 9.75. The molecular formula is C13H14O3. The summed E-state index contributed by atoms with van der Waals surface area (Å²) in [6.45, 7) is 3.64. The van der Waals surface area contributed by atoms with Gasteiger partial charge < -0.3 is 9.90 Å². The molecule has 0 aliphatic rings. The second-order valence-corrected chi connectivity index (χ2v) is 3.48. The lowest BCUT2D eigenvalue weighted by Gasteiger charge is -2.06. The number of aryl methyl sites for hydroxylation is 1. The first-order chi connectivity index (χ1) is 7.69. The van der Waals surface area contributed by atoms with Crippen LogP contribution in [0.3, 0.4) is 0 Å². The number of carbonyl (C=O) groups excluding carboxylic acids is 1. The number of rotatable bonds is 6. The van der Waals surface area contributed by atoms with E-state index in [1.54, 1.807) is 24.3 Å². The van der Waals surface area contributed by atoms with Gasteiger partial charge in [0, 0.05) is 6.42 Å². The Kier molecular flexibility index (Phi) is 4.45. The van der Waals surface area contributed by atoms with Crippen molar-refractivity contribution in [3.05, 3.63) is 41.5 Å². The number of carboxylic acid groups (broad SMARTS) is 1. The van der Waals surface area contributed by atoms with E-state index in [-0.39, 0.29) is 0 Å². The highest BCUT2D eigenvalue weighted by molar-refractivity contribution is 5.89. The van der Waals surface area contributed by atoms with Crippen LogP contribution in [0.5, 0.6) is 0 Å². The lowest BCUT2D eigenvalue weighted by atomic mass is 9.99. The molecule has 0 saturated carbocycles. The first-order valence-corrected chi connectivity index (χ1v) is 5.11. The van der Waals surface area contributed by atoms with Gasteiger partial charge in [0.1, 0.15) is 6.29 Å². The third kappa shape index (κ3) is 3.05. The maximum absolute atomic E-state index is 11.0. The van der Waals surface area contributed by atoms with Crippen LogP contribution in [-0.2, 0) is 11.2 Å². The van der Waals surface area contributed by atoms with Gasteiger partial charge >= 0.3 is 5.97 Å². The minimum Gasteiger partial charge on any atom is -0.478 e. The summed E-state index contributed by atoms with van der Waals surface area (Å²) in [4.78, 5) is 21.2. The molecule has 0 amide bonds. The molecule has 0 aliphatic heterocycles. The number of carbonyl (C=O) groups is 2. The Morgan fingerprint density at radius 3 is 2.75 bits per heavy atom. The van der Waals surface area contributed by atoms with Gasteiger partial charge in [-0.15, -0.1) is 0 Å². The highest BCUT2D eigenvalue weighted by Gasteiger charge is 2.09. The molecule has 1 rings (SSSR count). The van der Waals surface area contributed by atoms with Gasteiger partial charge in [0.15, 0.2) is 0 Å². The fourth-order valence-electron chi connectivity index (χ4n) is 1.53. The first-order valence-electron chi connectivity index (χ1n) is 5.11. The minimum atomic E-state index is -0.934. The highest BCUT2D eigenvalue weighted by Crippen LogP contribution is 2.15. The van der Waals surface area contributed by atoms with Gasteiger partial charge in [0.25, 0.3) is 0 Å². The number of hydrogen-bond donors (Lipinski definition) is 1. The van der Waals surface area contributed by atoms with Crippen LogP contribution in [0.2, 0.25) is 0 Å². The summed E-state index contributed by atoms with van der Waals surface area (Å²) in [6, 6.07) is 5.11. The van der Waals surface area contributed by atoms with Crippen LogP contribution in [0.4, 0.5) is 0 Å². The monoisotopic (exact) mass is 218 g/mol. The van der Waals surface area contributed by atoms with Gasteiger partial charge in [0.2, 0.25) is 0 Å². The van der Waals surface area contributed by atoms with Crippen molar-refractivity contribution >= 4 is 18.3 Å². The summed E-state index contributed by atoms with van der Waals surface area (Å²) >= 11 is 0. The average molecular weight is 218 g/mol. The molecule has 16 heavy (non-hydrogen) atoms. The smallest absolute Gasteiger partial charge is 0.335 e.